The van der Waals surface area contributed by atoms with Gasteiger partial charge in [0.2, 0.25) is 11.6 Å². The van der Waals surface area contributed by atoms with Gasteiger partial charge in [0.15, 0.2) is 40.8 Å². The van der Waals surface area contributed by atoms with Gasteiger partial charge < -0.3 is 101 Å². The molecule has 4 aliphatic carbocycles. The molecule has 5 aromatic carbocycles. The van der Waals surface area contributed by atoms with Gasteiger partial charge in [0.1, 0.15) is 68.0 Å². The van der Waals surface area contributed by atoms with Gasteiger partial charge in [0, 0.05) is 123 Å². The number of hydrogen-bond donors (Lipinski definition) is 13. The number of nitrogens with two attached hydrogens (primary N) is 2. The third-order valence-electron chi connectivity index (χ3n) is 21.0. The number of ketones is 6. The molecule has 33 heteroatoms. The van der Waals surface area contributed by atoms with Crippen LogP contribution in [0.4, 0.5) is 22.5 Å². The van der Waals surface area contributed by atoms with E-state index in [0.717, 1.165) is 37.6 Å². The summed E-state index contributed by atoms with van der Waals surface area (Å²) >= 11 is 7.46. The molecule has 15 N–H and O–H groups in total. The molecule has 0 saturated carbocycles. The van der Waals surface area contributed by atoms with Crippen LogP contribution < -0.4 is 36.5 Å². The molecule has 578 valence electrons. The van der Waals surface area contributed by atoms with Gasteiger partial charge in [-0.15, -0.1) is 0 Å². The van der Waals surface area contributed by atoms with Gasteiger partial charge >= 0.3 is 0 Å². The molecule has 14 rings (SSSR count). The van der Waals surface area contributed by atoms with Gasteiger partial charge in [-0.1, -0.05) is 59.3 Å². The number of anilines is 4. The number of aryl methyl sites for hydroxylation is 2. The predicted molar refractivity (Wildman–Crippen MR) is 393 cm³/mol. The van der Waals surface area contributed by atoms with Gasteiger partial charge in [-0.05, 0) is 65.3 Å². The van der Waals surface area contributed by atoms with Crippen molar-refractivity contribution in [1.82, 2.24) is 19.9 Å². The van der Waals surface area contributed by atoms with Crippen LogP contribution in [0.15, 0.2) is 66.9 Å². The summed E-state index contributed by atoms with van der Waals surface area (Å²) in [4.78, 5) is 110. The molecule has 12 atom stereocenters. The van der Waals surface area contributed by atoms with Crippen LogP contribution in [0.3, 0.4) is 0 Å². The van der Waals surface area contributed by atoms with E-state index in [1.165, 1.54) is 82.0 Å². The van der Waals surface area contributed by atoms with Gasteiger partial charge in [-0.25, -0.2) is 15.0 Å². The molecule has 109 heavy (non-hydrogen) atoms. The Hall–Kier alpha value is -9.49. The van der Waals surface area contributed by atoms with Crippen molar-refractivity contribution >= 4 is 86.0 Å². The molecule has 0 spiro atoms. The molecular weight excluding hydrogens is 1460 g/mol. The van der Waals surface area contributed by atoms with Crippen LogP contribution in [-0.2, 0) is 41.4 Å². The summed E-state index contributed by atoms with van der Waals surface area (Å²) < 4.78 is 34.1. The molecule has 7 aromatic rings. The summed E-state index contributed by atoms with van der Waals surface area (Å²) in [5, 5.41) is 104. The second kappa shape index (κ2) is 31.5. The first-order valence-corrected chi connectivity index (χ1v) is 36.3. The number of phenolic OH excluding ortho intramolecular Hbond substituents is 4. The summed E-state index contributed by atoms with van der Waals surface area (Å²) in [5.74, 6) is -4.50. The number of aromatic nitrogens is 3. The molecule has 3 aliphatic heterocycles. The third-order valence-corrected chi connectivity index (χ3v) is 22.2. The Labute approximate surface area is 633 Å². The number of carbonyl (C=O) groups is 7. The molecule has 0 radical (unpaired) electrons. The summed E-state index contributed by atoms with van der Waals surface area (Å²) in [5.41, 5.74) is 7.43. The number of amides is 1. The Morgan fingerprint density at radius 1 is 0.670 bits per heavy atom. The smallest absolute Gasteiger partial charge is 0.267 e. The minimum atomic E-state index is -2.00. The molecule has 0 bridgehead atoms. The number of aliphatic hydroxyl groups is 5. The molecule has 2 aromatic heterocycles. The fourth-order valence-corrected chi connectivity index (χ4v) is 15.9. The molecular formula is C76H84ClN9O22S. The molecule has 3 fully saturated rings. The average molecular weight is 1540 g/mol. The fraction of sp³-hybridized carbons (Fsp3) is 0.421. The highest BCUT2D eigenvalue weighted by Crippen LogP contribution is 2.55. The van der Waals surface area contributed by atoms with Crippen LogP contribution in [0, 0.1) is 13.8 Å². The van der Waals surface area contributed by atoms with Gasteiger partial charge in [0.05, 0.1) is 108 Å². The number of fused-ring (bicyclic) bond motifs is 6. The lowest BCUT2D eigenvalue weighted by Crippen LogP contribution is -2.52. The Kier molecular flexibility index (Phi) is 22.8. The Morgan fingerprint density at radius 2 is 1.14 bits per heavy atom. The first kappa shape index (κ1) is 79.1. The summed E-state index contributed by atoms with van der Waals surface area (Å²) in [6, 6.07) is 14.9. The number of rotatable bonds is 15. The Bertz CT molecular complexity index is 4570. The van der Waals surface area contributed by atoms with E-state index < -0.39 is 165 Å². The molecule has 31 nitrogen and oxygen atoms in total. The zero-order valence-electron chi connectivity index (χ0n) is 60.6. The number of benzene rings is 5. The molecule has 3 saturated heterocycles. The second-order valence-corrected chi connectivity index (χ2v) is 29.5. The number of aromatic hydroxyl groups is 4. The number of ether oxygens (including phenoxy) is 6. The SMILES string of the molecule is COc1cccc2c1C(=O)c1c(O)c3c(c(O)c1C2=O)C[C@@](O)(C(C)=O)C[C@@H]3O[C@H]1C[C@H](N)[C@H](O)[C@H](C)O1.COc1cccc2c1C(=O)c1c(O)c3c(c(O)c1C2=O)C[C@@](O)(C(C)=O)C[C@@H]3O[C@H]1C[C@H](N)[C@H](O)[C@H](C)O1.Cc1nc(Nc2ncc(C(=O)Nc3c(C)cccc3Cl)s2)cc(N2CCN(CCO)CC2)n1. The topological polar surface area (TPSA) is 478 Å². The van der Waals surface area contributed by atoms with Gasteiger partial charge in [-0.3, -0.25) is 38.5 Å². The first-order chi connectivity index (χ1) is 51.7. The summed E-state index contributed by atoms with van der Waals surface area (Å²) in [6.07, 6.45) is -7.53. The quantitative estimate of drug-likeness (QED) is 0.0573. The predicted octanol–water partition coefficient (Wildman–Crippen LogP) is 5.37. The number of methoxy groups -OCH3 is 2. The van der Waals surface area contributed by atoms with Crippen molar-refractivity contribution in [3.05, 3.63) is 155 Å². The number of phenols is 4. The highest BCUT2D eigenvalue weighted by atomic mass is 35.5. The number of thiazole rings is 1. The number of piperazine rings is 1. The van der Waals surface area contributed by atoms with Crippen molar-refractivity contribution in [2.45, 2.75) is 153 Å². The Morgan fingerprint density at radius 3 is 1.58 bits per heavy atom. The van der Waals surface area contributed by atoms with E-state index in [0.29, 0.717) is 38.9 Å². The van der Waals surface area contributed by atoms with Crippen LogP contribution >= 0.6 is 22.9 Å². The minimum Gasteiger partial charge on any atom is -0.507 e. The highest BCUT2D eigenvalue weighted by molar-refractivity contribution is 7.17. The van der Waals surface area contributed by atoms with Crippen molar-refractivity contribution < 1.29 is 108 Å². The third kappa shape index (κ3) is 15.1. The largest absolute Gasteiger partial charge is 0.507 e. The highest BCUT2D eigenvalue weighted by Gasteiger charge is 2.52. The van der Waals surface area contributed by atoms with Crippen molar-refractivity contribution in [2.75, 3.05) is 69.1 Å². The average Bonchev–Trinajstić information content (AvgIpc) is 0.748. The van der Waals surface area contributed by atoms with Crippen LogP contribution in [0.25, 0.3) is 0 Å². The maximum atomic E-state index is 13.6. The standard InChI is InChI=1S/2C27H29NO10.C22H26ClN7O2S/c2*1-10-22(30)14(28)7-17(37-10)38-16-9-27(35,11(2)29)8-13-19(16)26(34)21-20(24(13)32)23(31)12-5-4-6-15(36-3)18(12)25(21)33;1-14-4-3-5-16(23)20(14)28-21(32)17-13-24-22(33-17)27-18-12-19(26-15(2)25-18)30-8-6-29(7-9-30)10-11-31/h2*4-6,10,14,16-17,22,30,32,34-35H,7-9,28H2,1-3H3;3-5,12-13,31H,6-11H2,1-2H3,(H,28,32)(H,24,25,26,27)/t2*10-,14-,16-,17-,22+,27-;/m00./s1. The van der Waals surface area contributed by atoms with Gasteiger partial charge in [0.25, 0.3) is 5.91 Å². The van der Waals surface area contributed by atoms with E-state index >= 15 is 0 Å². The van der Waals surface area contributed by atoms with Crippen LogP contribution in [0.5, 0.6) is 34.5 Å². The normalized spacial score (nSPS) is 25.5. The number of Topliss-reactive ketones (excluding diaryl/α,β-unsaturated/α-hetero) is 2. The fourth-order valence-electron chi connectivity index (χ4n) is 14.9. The second-order valence-electron chi connectivity index (χ2n) is 28.0. The van der Waals surface area contributed by atoms with E-state index in [1.54, 1.807) is 19.9 Å². The van der Waals surface area contributed by atoms with Crippen LogP contribution in [-0.4, -0.2) is 220 Å². The molecule has 0 unspecified atom stereocenters. The molecule has 1 amide bonds. The van der Waals surface area contributed by atoms with Crippen molar-refractivity contribution in [3.63, 3.8) is 0 Å². The number of para-hydroxylation sites is 1. The van der Waals surface area contributed by atoms with E-state index in [4.69, 9.17) is 56.6 Å². The van der Waals surface area contributed by atoms with Crippen molar-refractivity contribution in [2.24, 2.45) is 11.5 Å². The maximum Gasteiger partial charge on any atom is 0.267 e. The van der Waals surface area contributed by atoms with Crippen molar-refractivity contribution in [3.8, 4) is 34.5 Å². The number of nitrogens with one attached hydrogen (secondary N) is 2. The summed E-state index contributed by atoms with van der Waals surface area (Å²) in [7, 11) is 2.68. The monoisotopic (exact) mass is 1540 g/mol. The number of halogens is 1. The van der Waals surface area contributed by atoms with E-state index in [2.05, 4.69) is 35.4 Å². The lowest BCUT2D eigenvalue weighted by Gasteiger charge is -2.42. The number of nitrogens with zero attached hydrogens (tertiary/aromatic N) is 5. The van der Waals surface area contributed by atoms with E-state index in [-0.39, 0.29) is 94.2 Å². The zero-order chi connectivity index (χ0) is 78.7. The molecule has 7 aliphatic rings. The lowest BCUT2D eigenvalue weighted by molar-refractivity contribution is -0.247. The lowest BCUT2D eigenvalue weighted by atomic mass is 9.72. The van der Waals surface area contributed by atoms with E-state index in [9.17, 15) is 74.4 Å². The molecule has 5 heterocycles. The number of aliphatic hydroxyl groups excluding tert-OH is 3. The zero-order valence-corrected chi connectivity index (χ0v) is 62.2. The Balaban J connectivity index is 0.000000153. The minimum absolute atomic E-state index is 0.0147. The van der Waals surface area contributed by atoms with Crippen molar-refractivity contribution in [1.29, 1.82) is 0 Å². The van der Waals surface area contributed by atoms with Crippen LogP contribution in [0.1, 0.15) is 173 Å². The number of hydrogen-bond acceptors (Lipinski definition) is 31. The number of β-amino-alcohol motifs (C(OH)–C–C–N with tert-alkyl or cyclic N) is 1. The van der Waals surface area contributed by atoms with Crippen LogP contribution in [0.2, 0.25) is 5.02 Å². The van der Waals surface area contributed by atoms with Gasteiger partial charge in [-0.2, -0.15) is 0 Å². The summed E-state index contributed by atoms with van der Waals surface area (Å²) in [6.45, 7) is 13.6. The number of carbonyl (C=O) groups excluding carboxylic acids is 7. The first-order valence-electron chi connectivity index (χ1n) is 35.1. The van der Waals surface area contributed by atoms with E-state index in [1.807, 2.05) is 32.0 Å². The maximum absolute atomic E-state index is 13.6.